The number of hydrogen-bond donors (Lipinski definition) is 0. The Morgan fingerprint density at radius 2 is 1.18 bits per heavy atom. The quantitative estimate of drug-likeness (QED) is 0.395. The van der Waals surface area contributed by atoms with Crippen LogP contribution in [0.4, 0.5) is 5.69 Å². The second kappa shape index (κ2) is 12.2. The summed E-state index contributed by atoms with van der Waals surface area (Å²) in [4.78, 5) is 17.1. The van der Waals surface area contributed by atoms with Crippen LogP contribution in [0.1, 0.15) is 98.3 Å². The zero-order valence-electron chi connectivity index (χ0n) is 23.4. The lowest BCUT2D eigenvalue weighted by Gasteiger charge is -2.35. The minimum atomic E-state index is -2.55. The average molecular weight is 486 g/mol. The van der Waals surface area contributed by atoms with Crippen molar-refractivity contribution < 1.29 is 4.43 Å². The summed E-state index contributed by atoms with van der Waals surface area (Å²) < 4.78 is 1.78. The van der Waals surface area contributed by atoms with Gasteiger partial charge in [0.05, 0.1) is 0 Å². The van der Waals surface area contributed by atoms with E-state index in [1.807, 2.05) is 0 Å². The van der Waals surface area contributed by atoms with Gasteiger partial charge in [-0.3, -0.25) is 0 Å². The Labute approximate surface area is 211 Å². The van der Waals surface area contributed by atoms with Crippen LogP contribution in [0.15, 0.2) is 24.3 Å². The molecule has 3 rings (SSSR count). The Balaban J connectivity index is 2.05. The van der Waals surface area contributed by atoms with Gasteiger partial charge in [0.2, 0.25) is 0 Å². The molecule has 0 saturated heterocycles. The third-order valence-corrected chi connectivity index (χ3v) is 15.2. The van der Waals surface area contributed by atoms with E-state index >= 15 is 0 Å². The second-order valence-electron chi connectivity index (χ2n) is 12.3. The summed E-state index contributed by atoms with van der Waals surface area (Å²) in [5, 5.41) is 1.37. The van der Waals surface area contributed by atoms with E-state index in [1.54, 1.807) is 4.43 Å². The highest BCUT2D eigenvalue weighted by Gasteiger charge is 2.65. The number of rotatable bonds is 5. The van der Waals surface area contributed by atoms with Crippen LogP contribution in [0.25, 0.3) is 0 Å². The van der Waals surface area contributed by atoms with E-state index in [9.17, 15) is 4.91 Å². The fraction of sp³-hybridized carbons (Fsp3) is 0.800. The van der Waals surface area contributed by atoms with Gasteiger partial charge in [-0.15, -0.1) is 0 Å². The first-order chi connectivity index (χ1) is 16.2. The topological polar surface area (TPSA) is 23.3 Å². The molecular weight excluding hydrogens is 432 g/mol. The third kappa shape index (κ3) is 5.63. The summed E-state index contributed by atoms with van der Waals surface area (Å²) in [6.45, 7) is 12.2. The number of benzene rings is 1. The fourth-order valence-electron chi connectivity index (χ4n) is 7.61. The standard InChI is InChI=1S/C30H53N2OSi/c1-23-24(2)26(4)30(25(23)3)34(7,29-22-18-17-21-28(29)31(5)6)32(33)27-19-15-13-11-9-8-10-12-14-16-20-27/h17-18,21-27,30H,8-16,19-20H2,1-7H3/q+1. The van der Waals surface area contributed by atoms with Crippen molar-refractivity contribution in [3.05, 3.63) is 29.2 Å². The lowest BCUT2D eigenvalue weighted by atomic mass is 9.92. The highest BCUT2D eigenvalue weighted by Crippen LogP contribution is 2.54. The van der Waals surface area contributed by atoms with Gasteiger partial charge in [-0.2, -0.15) is 0 Å². The molecule has 34 heavy (non-hydrogen) atoms. The minimum Gasteiger partial charge on any atom is -0.378 e. The van der Waals surface area contributed by atoms with Crippen LogP contribution in [-0.4, -0.2) is 32.8 Å². The van der Waals surface area contributed by atoms with E-state index in [-0.39, 0.29) is 6.04 Å². The molecule has 4 heteroatoms. The lowest BCUT2D eigenvalue weighted by molar-refractivity contribution is -0.472. The highest BCUT2D eigenvalue weighted by molar-refractivity contribution is 6.86. The van der Waals surface area contributed by atoms with Gasteiger partial charge in [0.15, 0.2) is 6.04 Å². The molecule has 192 valence electrons. The fourth-order valence-corrected chi connectivity index (χ4v) is 13.4. The highest BCUT2D eigenvalue weighted by atomic mass is 28.3. The first-order valence-corrected chi connectivity index (χ1v) is 17.0. The molecule has 5 atom stereocenters. The van der Waals surface area contributed by atoms with Crippen LogP contribution in [0.5, 0.6) is 0 Å². The summed E-state index contributed by atoms with van der Waals surface area (Å²) >= 11 is 0. The Bertz CT molecular complexity index is 770. The van der Waals surface area contributed by atoms with Crippen molar-refractivity contribution >= 4 is 19.1 Å². The van der Waals surface area contributed by atoms with Crippen LogP contribution in [-0.2, 0) is 0 Å². The van der Waals surface area contributed by atoms with Crippen molar-refractivity contribution in [1.29, 1.82) is 0 Å². The molecule has 3 nitrogen and oxygen atoms in total. The Morgan fingerprint density at radius 1 is 0.735 bits per heavy atom. The maximum absolute atomic E-state index is 14.9. The summed E-state index contributed by atoms with van der Waals surface area (Å²) in [5.41, 5.74) is 1.75. The lowest BCUT2D eigenvalue weighted by Crippen LogP contribution is -2.63. The minimum absolute atomic E-state index is 0.178. The maximum atomic E-state index is 14.9. The SMILES string of the molecule is CC1C(C)C(C)C([Si](C)(c2ccccc2N(C)C)[N+](=O)C2CCCCCCCCCCC2)C1C. The zero-order valence-corrected chi connectivity index (χ0v) is 24.4. The summed E-state index contributed by atoms with van der Waals surface area (Å²) in [7, 11) is 1.73. The van der Waals surface area contributed by atoms with E-state index in [4.69, 9.17) is 0 Å². The Morgan fingerprint density at radius 3 is 1.65 bits per heavy atom. The third-order valence-electron chi connectivity index (χ3n) is 10.1. The van der Waals surface area contributed by atoms with Crippen LogP contribution in [0, 0.1) is 28.6 Å². The van der Waals surface area contributed by atoms with Crippen molar-refractivity contribution in [2.24, 2.45) is 23.7 Å². The Hall–Kier alpha value is -1.16. The number of hydrogen-bond acceptors (Lipinski definition) is 2. The van der Waals surface area contributed by atoms with Gasteiger partial charge >= 0.3 is 8.24 Å². The normalized spacial score (nSPS) is 31.8. The molecule has 0 amide bonds. The summed E-state index contributed by atoms with van der Waals surface area (Å²) in [5.74, 6) is 2.50. The molecule has 2 aliphatic rings. The first kappa shape index (κ1) is 27.4. The van der Waals surface area contributed by atoms with Gasteiger partial charge in [-0.05, 0) is 54.0 Å². The maximum Gasteiger partial charge on any atom is 0.448 e. The summed E-state index contributed by atoms with van der Waals surface area (Å²) in [6, 6.07) is 9.06. The number of nitrogens with zero attached hydrogens (tertiary/aromatic N) is 2. The van der Waals surface area contributed by atoms with Crippen LogP contribution >= 0.6 is 0 Å². The van der Waals surface area contributed by atoms with Gasteiger partial charge in [0, 0.05) is 43.4 Å². The van der Waals surface area contributed by atoms with E-state index in [2.05, 4.69) is 77.5 Å². The zero-order chi connectivity index (χ0) is 24.9. The summed E-state index contributed by atoms with van der Waals surface area (Å²) in [6.07, 6.45) is 14.0. The number of nitroso groups, excluding NO2 is 1. The molecule has 0 bridgehead atoms. The van der Waals surface area contributed by atoms with Gasteiger partial charge in [-0.1, -0.05) is 95.3 Å². The van der Waals surface area contributed by atoms with Crippen LogP contribution in [0.2, 0.25) is 12.1 Å². The Kier molecular flexibility index (Phi) is 9.83. The van der Waals surface area contributed by atoms with Gasteiger partial charge in [0.1, 0.15) is 0 Å². The largest absolute Gasteiger partial charge is 0.448 e. The van der Waals surface area contributed by atoms with E-state index in [1.165, 1.54) is 68.7 Å². The van der Waals surface area contributed by atoms with E-state index < -0.39 is 8.24 Å². The van der Waals surface area contributed by atoms with E-state index in [0.717, 1.165) is 12.8 Å². The van der Waals surface area contributed by atoms with Crippen LogP contribution in [0.3, 0.4) is 0 Å². The van der Waals surface area contributed by atoms with Gasteiger partial charge < -0.3 is 4.90 Å². The molecule has 0 N–H and O–H groups in total. The second-order valence-corrected chi connectivity index (χ2v) is 16.2. The van der Waals surface area contributed by atoms with Crippen LogP contribution < -0.4 is 10.1 Å². The van der Waals surface area contributed by atoms with Crippen molar-refractivity contribution in [1.82, 2.24) is 0 Å². The molecule has 2 saturated carbocycles. The molecule has 0 spiro atoms. The average Bonchev–Trinajstić information content (AvgIpc) is 3.01. The predicted octanol–water partition coefficient (Wildman–Crippen LogP) is 7.92. The molecule has 5 unspecified atom stereocenters. The van der Waals surface area contributed by atoms with Crippen molar-refractivity contribution in [2.75, 3.05) is 19.0 Å². The molecular formula is C30H53N2OSi+. The van der Waals surface area contributed by atoms with Crippen molar-refractivity contribution in [3.63, 3.8) is 0 Å². The molecule has 0 heterocycles. The molecule has 0 aromatic heterocycles. The smallest absolute Gasteiger partial charge is 0.378 e. The van der Waals surface area contributed by atoms with Gasteiger partial charge in [-0.25, -0.2) is 0 Å². The molecule has 2 fully saturated rings. The molecule has 1 aromatic rings. The number of anilines is 1. The predicted molar refractivity (Wildman–Crippen MR) is 151 cm³/mol. The van der Waals surface area contributed by atoms with Gasteiger partial charge in [0.25, 0.3) is 0 Å². The van der Waals surface area contributed by atoms with Crippen molar-refractivity contribution in [2.45, 2.75) is 116 Å². The van der Waals surface area contributed by atoms with Crippen molar-refractivity contribution in [3.8, 4) is 0 Å². The molecule has 2 aliphatic carbocycles. The monoisotopic (exact) mass is 485 g/mol. The number of para-hydroxylation sites is 1. The molecule has 1 aromatic carbocycles. The molecule has 0 aliphatic heterocycles. The van der Waals surface area contributed by atoms with E-state index in [0.29, 0.717) is 29.2 Å². The molecule has 0 radical (unpaired) electrons. The first-order valence-electron chi connectivity index (χ1n) is 14.4.